The number of carbonyl (C=O) groups excluding carboxylic acids is 2. The van der Waals surface area contributed by atoms with Gasteiger partial charge in [-0.25, -0.2) is 9.97 Å². The number of hydrogen-bond acceptors (Lipinski definition) is 14. The van der Waals surface area contributed by atoms with Crippen LogP contribution in [0.1, 0.15) is 126 Å². The molecule has 20 nitrogen and oxygen atoms in total. The molecule has 4 N–H and O–H groups in total. The van der Waals surface area contributed by atoms with Crippen LogP contribution in [-0.4, -0.2) is 127 Å². The third-order valence-corrected chi connectivity index (χ3v) is 20.2. The molecule has 2 atom stereocenters. The fraction of sp³-hybridized carbons (Fsp3) is 0.375. The maximum absolute atomic E-state index is 13.6. The number of anilines is 4. The smallest absolute Gasteiger partial charge is 0.323 e. The second-order valence-corrected chi connectivity index (χ2v) is 28.2. The molecule has 0 bridgehead atoms. The van der Waals surface area contributed by atoms with E-state index < -0.39 is 33.5 Å². The third-order valence-electron chi connectivity index (χ3n) is 17.5. The molecule has 2 aromatic heterocycles. The number of fused-ring (bicyclic) bond motifs is 2. The Morgan fingerprint density at radius 1 is 0.520 bits per heavy atom. The fourth-order valence-corrected chi connectivity index (χ4v) is 14.4. The number of imidazole rings is 2. The average Bonchev–Trinajstić information content (AvgIpc) is 1.13. The van der Waals surface area contributed by atoms with Crippen molar-refractivity contribution < 1.29 is 56.8 Å². The van der Waals surface area contributed by atoms with Gasteiger partial charge in [-0.3, -0.25) is 27.6 Å². The quantitative estimate of drug-likeness (QED) is 0.0274. The largest absolute Gasteiger partial charge is 0.491 e. The SMILES string of the molecule is CCCCOCCOc1ccc(-c2ccc3c(c2)/C=C(/C(=O)Nc2ccc([S@@](=O)Cc4c(C)ncn4CCC)cc2)CCCN3CC(=O)O)cc1.CCCCOCCOc1ccc(-c2ccc3c(c2)/C=C(/C(=O)Nc2ccc([S@@](=O)Cc4cnc(C)n4CCC)cc2)CCCN3CC(=O)O)cc1. The predicted octanol–water partition coefficient (Wildman–Crippen LogP) is 15.0. The number of benzene rings is 6. The average molecular weight is 1430 g/mol. The molecule has 2 amide bonds. The van der Waals surface area contributed by atoms with Crippen molar-refractivity contribution >= 4 is 80.3 Å². The zero-order valence-electron chi connectivity index (χ0n) is 59.5. The summed E-state index contributed by atoms with van der Waals surface area (Å²) in [5.41, 5.74) is 12.1. The molecule has 6 aromatic carbocycles. The molecular formula is C80H96N8O12S2. The van der Waals surface area contributed by atoms with Crippen LogP contribution >= 0.6 is 0 Å². The zero-order chi connectivity index (χ0) is 72.3. The fourth-order valence-electron chi connectivity index (χ4n) is 12.1. The summed E-state index contributed by atoms with van der Waals surface area (Å²) in [5.74, 6) is 0.877. The van der Waals surface area contributed by atoms with Gasteiger partial charge in [-0.05, 0) is 208 Å². The Morgan fingerprint density at radius 3 is 1.41 bits per heavy atom. The number of hydrogen-bond donors (Lipinski definition) is 4. The number of carbonyl (C=O) groups is 4. The Hall–Kier alpha value is -9.48. The van der Waals surface area contributed by atoms with Gasteiger partial charge in [0.05, 0.1) is 69.7 Å². The van der Waals surface area contributed by atoms with E-state index in [1.807, 2.05) is 121 Å². The number of carboxylic acid groups (broad SMARTS) is 2. The third kappa shape index (κ3) is 22.3. The van der Waals surface area contributed by atoms with Crippen LogP contribution in [0.15, 0.2) is 167 Å². The maximum atomic E-state index is 13.6. The standard InChI is InChI=1S/2C40H48N4O6S/c1-4-6-21-49-22-23-50-36-14-9-30(10-15-36)31-11-18-38-33(24-31)25-32(8-7-20-43(38)27-39(45)46)40(47)42-34-12-16-37(17-13-34)51(48)28-35-26-41-29(3)44(35)19-5-2;1-4-6-21-49-22-23-50-35-14-9-30(10-15-35)31-11-18-37-33(24-31)25-32(8-7-20-43(37)26-39(45)46)40(47)42-34-12-16-36(17-13-34)51(48)27-38-29(3)41-28-44(38)19-5-2/h9-18,24-26H,4-8,19-23,27-28H2,1-3H3,(H,42,47)(H,45,46);9-18,24-25,28H,4-8,19-23,26-27H2,1-3H3,(H,42,47)(H,45,46)/b2*32-25+/t2*51-/m00/s1. The summed E-state index contributed by atoms with van der Waals surface area (Å²) in [6, 6.07) is 41.7. The van der Waals surface area contributed by atoms with Crippen molar-refractivity contribution in [3.05, 3.63) is 191 Å². The Bertz CT molecular complexity index is 4210. The van der Waals surface area contributed by atoms with Gasteiger partial charge in [0.15, 0.2) is 0 Å². The molecule has 0 aliphatic carbocycles. The van der Waals surface area contributed by atoms with E-state index in [1.165, 1.54) is 0 Å². The topological polar surface area (TPSA) is 246 Å². The molecule has 0 saturated carbocycles. The van der Waals surface area contributed by atoms with Gasteiger partial charge in [-0.2, -0.15) is 0 Å². The van der Waals surface area contributed by atoms with E-state index in [4.69, 9.17) is 18.9 Å². The molecule has 0 spiro atoms. The number of aryl methyl sites for hydroxylation is 3. The van der Waals surface area contributed by atoms with Crippen molar-refractivity contribution in [1.29, 1.82) is 0 Å². The highest BCUT2D eigenvalue weighted by Crippen LogP contribution is 2.36. The number of nitrogens with zero attached hydrogens (tertiary/aromatic N) is 6. The van der Waals surface area contributed by atoms with Crippen LogP contribution in [0.4, 0.5) is 22.7 Å². The number of unbranched alkanes of at least 4 members (excludes halogenated alkanes) is 2. The summed E-state index contributed by atoms with van der Waals surface area (Å²) < 4.78 is 53.4. The van der Waals surface area contributed by atoms with E-state index in [0.29, 0.717) is 109 Å². The first-order valence-corrected chi connectivity index (χ1v) is 38.0. The second-order valence-electron chi connectivity index (χ2n) is 25.3. The Morgan fingerprint density at radius 2 is 0.971 bits per heavy atom. The van der Waals surface area contributed by atoms with Gasteiger partial charge in [-0.15, -0.1) is 0 Å². The lowest BCUT2D eigenvalue weighted by Gasteiger charge is -2.27. The summed E-state index contributed by atoms with van der Waals surface area (Å²) in [7, 11) is -2.53. The number of rotatable bonds is 34. The minimum atomic E-state index is -1.27. The van der Waals surface area contributed by atoms with Crippen molar-refractivity contribution in [1.82, 2.24) is 19.1 Å². The minimum absolute atomic E-state index is 0.135. The molecule has 0 unspecified atom stereocenters. The van der Waals surface area contributed by atoms with Crippen molar-refractivity contribution in [3.8, 4) is 33.8 Å². The highest BCUT2D eigenvalue weighted by molar-refractivity contribution is 7.84. The Balaban J connectivity index is 0.000000237. The number of amides is 2. The van der Waals surface area contributed by atoms with Crippen LogP contribution in [0.3, 0.4) is 0 Å². The minimum Gasteiger partial charge on any atom is -0.491 e. The highest BCUT2D eigenvalue weighted by atomic mass is 32.2. The van der Waals surface area contributed by atoms with Crippen molar-refractivity contribution in [2.24, 2.45) is 0 Å². The number of nitrogens with one attached hydrogen (secondary N) is 2. The van der Waals surface area contributed by atoms with E-state index in [1.54, 1.807) is 61.1 Å². The molecule has 22 heteroatoms. The molecule has 2 aliphatic heterocycles. The van der Waals surface area contributed by atoms with Gasteiger partial charge in [0.2, 0.25) is 0 Å². The van der Waals surface area contributed by atoms with Crippen molar-refractivity contribution in [2.75, 3.05) is 86.3 Å². The zero-order valence-corrected chi connectivity index (χ0v) is 61.1. The molecule has 0 saturated heterocycles. The predicted molar refractivity (Wildman–Crippen MR) is 405 cm³/mol. The first-order valence-electron chi connectivity index (χ1n) is 35.4. The number of carboxylic acids is 2. The molecule has 10 rings (SSSR count). The summed E-state index contributed by atoms with van der Waals surface area (Å²) in [6.07, 6.45) is 15.7. The van der Waals surface area contributed by atoms with Crippen molar-refractivity contribution in [2.45, 2.75) is 140 Å². The highest BCUT2D eigenvalue weighted by Gasteiger charge is 2.24. The normalized spacial score (nSPS) is 14.5. The molecule has 4 heterocycles. The molecular weight excluding hydrogens is 1330 g/mol. The number of aromatic nitrogens is 4. The first-order chi connectivity index (χ1) is 49.5. The van der Waals surface area contributed by atoms with Gasteiger partial charge in [0.1, 0.15) is 43.6 Å². The maximum Gasteiger partial charge on any atom is 0.323 e. The molecule has 540 valence electrons. The van der Waals surface area contributed by atoms with Gasteiger partial charge >= 0.3 is 11.9 Å². The Labute approximate surface area is 604 Å². The van der Waals surface area contributed by atoms with Crippen LogP contribution in [0.2, 0.25) is 0 Å². The second kappa shape index (κ2) is 39.1. The van der Waals surface area contributed by atoms with Gasteiger partial charge < -0.3 is 58.7 Å². The molecule has 102 heavy (non-hydrogen) atoms. The summed E-state index contributed by atoms with van der Waals surface area (Å²) >= 11 is 0. The van der Waals surface area contributed by atoms with Crippen LogP contribution < -0.4 is 29.9 Å². The van der Waals surface area contributed by atoms with Crippen LogP contribution in [0, 0.1) is 13.8 Å². The Kier molecular flexibility index (Phi) is 29.4. The van der Waals surface area contributed by atoms with Crippen LogP contribution in [0.5, 0.6) is 11.5 Å². The van der Waals surface area contributed by atoms with E-state index in [0.717, 1.165) is 144 Å². The van der Waals surface area contributed by atoms with Gasteiger partial charge in [0, 0.05) is 89.3 Å². The van der Waals surface area contributed by atoms with E-state index in [9.17, 15) is 37.8 Å². The van der Waals surface area contributed by atoms with Crippen molar-refractivity contribution in [3.63, 3.8) is 0 Å². The lowest BCUT2D eigenvalue weighted by molar-refractivity contribution is -0.136. The van der Waals surface area contributed by atoms with E-state index in [2.05, 4.69) is 57.4 Å². The first kappa shape index (κ1) is 76.7. The molecule has 0 fully saturated rings. The molecule has 2 aliphatic rings. The summed E-state index contributed by atoms with van der Waals surface area (Å²) in [4.78, 5) is 64.6. The van der Waals surface area contributed by atoms with Crippen LogP contribution in [-0.2, 0) is 74.8 Å². The molecule has 0 radical (unpaired) electrons. The summed E-state index contributed by atoms with van der Waals surface area (Å²) in [5, 5.41) is 25.3. The number of aliphatic carboxylic acids is 2. The number of ether oxygens (including phenoxy) is 4. The van der Waals surface area contributed by atoms with Gasteiger partial charge in [0.25, 0.3) is 11.8 Å². The van der Waals surface area contributed by atoms with E-state index in [-0.39, 0.29) is 24.9 Å². The van der Waals surface area contributed by atoms with E-state index >= 15 is 0 Å². The lowest BCUT2D eigenvalue weighted by Crippen LogP contribution is -2.32. The monoisotopic (exact) mass is 1420 g/mol. The molecule has 8 aromatic rings. The lowest BCUT2D eigenvalue weighted by atomic mass is 9.96. The van der Waals surface area contributed by atoms with Crippen LogP contribution in [0.25, 0.3) is 34.4 Å². The van der Waals surface area contributed by atoms with Gasteiger partial charge in [-0.1, -0.05) is 76.9 Å². The summed E-state index contributed by atoms with van der Waals surface area (Å²) in [6.45, 7) is 18.3.